The Morgan fingerprint density at radius 3 is 2.70 bits per heavy atom. The Morgan fingerprint density at radius 1 is 1.07 bits per heavy atom. The third-order valence-electron chi connectivity index (χ3n) is 4.60. The highest BCUT2D eigenvalue weighted by Crippen LogP contribution is 2.32. The zero-order valence-corrected chi connectivity index (χ0v) is 16.4. The Hall–Kier alpha value is -4.20. The maximum absolute atomic E-state index is 11.2. The van der Waals surface area contributed by atoms with Gasteiger partial charge in [-0.2, -0.15) is 0 Å². The average Bonchev–Trinajstić information content (AvgIpc) is 3.16. The van der Waals surface area contributed by atoms with Gasteiger partial charge in [-0.15, -0.1) is 0 Å². The number of hydrogen-bond acceptors (Lipinski definition) is 6. The molecule has 0 radical (unpaired) electrons. The molecule has 0 aliphatic rings. The molecule has 0 spiro atoms. The minimum atomic E-state index is -0.419. The van der Waals surface area contributed by atoms with E-state index in [0.717, 1.165) is 5.52 Å². The number of hydrogen-bond donors (Lipinski definition) is 0. The molecule has 150 valence electrons. The van der Waals surface area contributed by atoms with Crippen LogP contribution in [0.15, 0.2) is 71.9 Å². The number of aliphatic imine (C=N–C) groups is 1. The van der Waals surface area contributed by atoms with Gasteiger partial charge in [-0.05, 0) is 24.3 Å². The number of pyridine rings is 1. The summed E-state index contributed by atoms with van der Waals surface area (Å²) < 4.78 is 12.5. The van der Waals surface area contributed by atoms with Crippen LogP contribution in [0, 0.1) is 10.1 Å². The van der Waals surface area contributed by atoms with Gasteiger partial charge < -0.3 is 9.47 Å². The first kappa shape index (κ1) is 19.1. The molecule has 0 aliphatic heterocycles. The zero-order valence-electron chi connectivity index (χ0n) is 16.4. The number of non-ortho nitro benzene ring substituents is 1. The summed E-state index contributed by atoms with van der Waals surface area (Å²) in [6, 6.07) is 17.5. The van der Waals surface area contributed by atoms with Gasteiger partial charge in [0.1, 0.15) is 28.7 Å². The van der Waals surface area contributed by atoms with Crippen LogP contribution in [0.1, 0.15) is 5.69 Å². The molecule has 0 amide bonds. The number of methoxy groups -OCH3 is 2. The highest BCUT2D eigenvalue weighted by molar-refractivity contribution is 5.91. The molecule has 0 bridgehead atoms. The van der Waals surface area contributed by atoms with Crippen LogP contribution in [0.3, 0.4) is 0 Å². The van der Waals surface area contributed by atoms with Crippen LogP contribution in [0.2, 0.25) is 0 Å². The molecule has 0 unspecified atom stereocenters. The van der Waals surface area contributed by atoms with Gasteiger partial charge in [-0.3, -0.25) is 19.5 Å². The fraction of sp³-hybridized carbons (Fsp3) is 0.0909. The summed E-state index contributed by atoms with van der Waals surface area (Å²) in [6.07, 6.45) is 3.52. The van der Waals surface area contributed by atoms with Gasteiger partial charge in [0.2, 0.25) is 0 Å². The average molecular weight is 402 g/mol. The molecule has 30 heavy (non-hydrogen) atoms. The van der Waals surface area contributed by atoms with Crippen LogP contribution < -0.4 is 9.47 Å². The van der Waals surface area contributed by atoms with E-state index in [4.69, 9.17) is 9.47 Å². The van der Waals surface area contributed by atoms with Crippen LogP contribution in [-0.4, -0.2) is 34.7 Å². The van der Waals surface area contributed by atoms with Gasteiger partial charge in [-0.25, -0.2) is 4.98 Å². The lowest BCUT2D eigenvalue weighted by molar-refractivity contribution is -0.384. The van der Waals surface area contributed by atoms with E-state index in [0.29, 0.717) is 34.3 Å². The molecule has 8 heteroatoms. The van der Waals surface area contributed by atoms with Crippen molar-refractivity contribution < 1.29 is 14.4 Å². The third-order valence-corrected chi connectivity index (χ3v) is 4.60. The second kappa shape index (κ2) is 8.04. The number of nitrogens with zero attached hydrogens (tertiary/aromatic N) is 4. The Bertz CT molecular complexity index is 1260. The molecule has 0 saturated heterocycles. The van der Waals surface area contributed by atoms with Crippen molar-refractivity contribution in [1.82, 2.24) is 9.38 Å². The SMILES string of the molecule is COc1ccc(N=Cc2nc(-c3cccc([N+](=O)[O-])c3)n3ccccc23)c(OC)c1. The molecule has 2 aromatic heterocycles. The predicted molar refractivity (Wildman–Crippen MR) is 114 cm³/mol. The van der Waals surface area contributed by atoms with Crippen molar-refractivity contribution in [1.29, 1.82) is 0 Å². The molecule has 4 rings (SSSR count). The van der Waals surface area contributed by atoms with Crippen molar-refractivity contribution in [3.05, 3.63) is 82.7 Å². The fourth-order valence-electron chi connectivity index (χ4n) is 3.14. The van der Waals surface area contributed by atoms with E-state index in [1.807, 2.05) is 28.8 Å². The molecule has 2 aromatic carbocycles. The van der Waals surface area contributed by atoms with Crippen LogP contribution in [0.5, 0.6) is 11.5 Å². The summed E-state index contributed by atoms with van der Waals surface area (Å²) in [5.41, 5.74) is 2.75. The summed E-state index contributed by atoms with van der Waals surface area (Å²) >= 11 is 0. The summed E-state index contributed by atoms with van der Waals surface area (Å²) in [4.78, 5) is 20.0. The molecule has 4 aromatic rings. The molecule has 0 N–H and O–H groups in total. The standard InChI is InChI=1S/C22H18N4O4/c1-29-17-9-10-18(21(13-17)30-2)23-14-19-20-8-3-4-11-25(20)22(24-19)15-6-5-7-16(12-15)26(27)28/h3-14H,1-2H3. The first-order valence-corrected chi connectivity index (χ1v) is 9.08. The summed E-state index contributed by atoms with van der Waals surface area (Å²) in [7, 11) is 3.16. The quantitative estimate of drug-likeness (QED) is 0.265. The summed E-state index contributed by atoms with van der Waals surface area (Å²) in [5, 5.41) is 11.2. The molecular formula is C22H18N4O4. The summed E-state index contributed by atoms with van der Waals surface area (Å²) in [5.74, 6) is 1.84. The number of benzene rings is 2. The van der Waals surface area contributed by atoms with Crippen molar-refractivity contribution in [2.75, 3.05) is 14.2 Å². The maximum Gasteiger partial charge on any atom is 0.270 e. The molecule has 0 fully saturated rings. The Kier molecular flexibility index (Phi) is 5.13. The Labute approximate surface area is 172 Å². The van der Waals surface area contributed by atoms with E-state index in [1.54, 1.807) is 50.8 Å². The Morgan fingerprint density at radius 2 is 1.93 bits per heavy atom. The van der Waals surface area contributed by atoms with Gasteiger partial charge in [-0.1, -0.05) is 18.2 Å². The number of imidazole rings is 1. The van der Waals surface area contributed by atoms with Gasteiger partial charge in [0.05, 0.1) is 30.9 Å². The number of nitro groups is 1. The molecular weight excluding hydrogens is 384 g/mol. The predicted octanol–water partition coefficient (Wildman–Crippen LogP) is 4.68. The van der Waals surface area contributed by atoms with Gasteiger partial charge in [0.15, 0.2) is 0 Å². The first-order chi connectivity index (χ1) is 14.6. The van der Waals surface area contributed by atoms with E-state index in [2.05, 4.69) is 9.98 Å². The van der Waals surface area contributed by atoms with Crippen LogP contribution in [0.4, 0.5) is 11.4 Å². The van der Waals surface area contributed by atoms with Crippen molar-refractivity contribution in [3.63, 3.8) is 0 Å². The van der Waals surface area contributed by atoms with E-state index < -0.39 is 4.92 Å². The largest absolute Gasteiger partial charge is 0.497 e. The Balaban J connectivity index is 1.79. The van der Waals surface area contributed by atoms with E-state index in [9.17, 15) is 10.1 Å². The topological polar surface area (TPSA) is 91.3 Å². The number of aromatic nitrogens is 2. The monoisotopic (exact) mass is 402 g/mol. The highest BCUT2D eigenvalue weighted by atomic mass is 16.6. The lowest BCUT2D eigenvalue weighted by Crippen LogP contribution is -1.91. The van der Waals surface area contributed by atoms with E-state index in [1.165, 1.54) is 12.1 Å². The third kappa shape index (κ3) is 3.58. The van der Waals surface area contributed by atoms with Gasteiger partial charge in [0.25, 0.3) is 5.69 Å². The zero-order chi connectivity index (χ0) is 21.1. The lowest BCUT2D eigenvalue weighted by atomic mass is 10.2. The molecule has 2 heterocycles. The normalized spacial score (nSPS) is 11.1. The van der Waals surface area contributed by atoms with Crippen molar-refractivity contribution in [2.45, 2.75) is 0 Å². The molecule has 0 atom stereocenters. The number of nitro benzene ring substituents is 1. The van der Waals surface area contributed by atoms with Crippen molar-refractivity contribution >= 4 is 23.1 Å². The second-order valence-electron chi connectivity index (χ2n) is 6.38. The van der Waals surface area contributed by atoms with Crippen LogP contribution >= 0.6 is 0 Å². The van der Waals surface area contributed by atoms with E-state index in [-0.39, 0.29) is 5.69 Å². The van der Waals surface area contributed by atoms with Gasteiger partial charge in [0, 0.05) is 30.0 Å². The van der Waals surface area contributed by atoms with Gasteiger partial charge >= 0.3 is 0 Å². The van der Waals surface area contributed by atoms with E-state index >= 15 is 0 Å². The van der Waals surface area contributed by atoms with Crippen molar-refractivity contribution in [2.24, 2.45) is 4.99 Å². The van der Waals surface area contributed by atoms with Crippen LogP contribution in [-0.2, 0) is 0 Å². The smallest absolute Gasteiger partial charge is 0.270 e. The molecule has 0 saturated carbocycles. The second-order valence-corrected chi connectivity index (χ2v) is 6.38. The number of ether oxygens (including phenoxy) is 2. The number of fused-ring (bicyclic) bond motifs is 1. The van der Waals surface area contributed by atoms with Crippen LogP contribution in [0.25, 0.3) is 16.9 Å². The lowest BCUT2D eigenvalue weighted by Gasteiger charge is -2.06. The minimum Gasteiger partial charge on any atom is -0.497 e. The maximum atomic E-state index is 11.2. The highest BCUT2D eigenvalue weighted by Gasteiger charge is 2.14. The summed E-state index contributed by atoms with van der Waals surface area (Å²) in [6.45, 7) is 0. The van der Waals surface area contributed by atoms with Crippen molar-refractivity contribution in [3.8, 4) is 22.9 Å². The number of rotatable bonds is 6. The molecule has 8 nitrogen and oxygen atoms in total. The first-order valence-electron chi connectivity index (χ1n) is 9.08. The minimum absolute atomic E-state index is 0.0124. The fourth-order valence-corrected chi connectivity index (χ4v) is 3.14. The molecule has 0 aliphatic carbocycles.